The van der Waals surface area contributed by atoms with Crippen molar-refractivity contribution in [1.29, 1.82) is 0 Å². The maximum Gasteiger partial charge on any atom is 1.00 e. The van der Waals surface area contributed by atoms with E-state index < -0.39 is 11.1 Å². The van der Waals surface area contributed by atoms with Crippen molar-refractivity contribution in [3.05, 3.63) is 22.7 Å². The number of fused-ring (bicyclic) bond motifs is 1. The zero-order chi connectivity index (χ0) is 9.42. The van der Waals surface area contributed by atoms with E-state index in [0.29, 0.717) is 9.98 Å². The van der Waals surface area contributed by atoms with E-state index in [1.165, 1.54) is 23.5 Å². The molecule has 0 saturated carbocycles. The zero-order valence-electron chi connectivity index (χ0n) is 7.19. The van der Waals surface area contributed by atoms with Gasteiger partial charge in [0.25, 0.3) is 0 Å². The molecule has 0 fully saturated rings. The number of thiazole rings is 1. The van der Waals surface area contributed by atoms with Crippen LogP contribution in [0.3, 0.4) is 0 Å². The fourth-order valence-electron chi connectivity index (χ4n) is 0.983. The van der Waals surface area contributed by atoms with Gasteiger partial charge in [-0.25, -0.2) is 4.98 Å². The molecule has 7 heteroatoms. The van der Waals surface area contributed by atoms with E-state index in [1.807, 2.05) is 0 Å². The van der Waals surface area contributed by atoms with Crippen LogP contribution in [0.5, 0.6) is 0 Å². The Labute approximate surface area is 114 Å². The maximum atomic E-state index is 10.6. The normalized spacial score (nSPS) is 12.4. The molecular weight excluding hydrogens is 253 g/mol. The third-order valence-corrected chi connectivity index (χ3v) is 3.31. The summed E-state index contributed by atoms with van der Waals surface area (Å²) in [5.41, 5.74) is 0.622. The first-order valence-corrected chi connectivity index (χ1v) is 5.59. The molecule has 1 atom stereocenters. The molecule has 1 aromatic carbocycles. The quantitative estimate of drug-likeness (QED) is 0.495. The average molecular weight is 256 g/mol. The van der Waals surface area contributed by atoms with Crippen LogP contribution in [0.15, 0.2) is 23.1 Å². The summed E-state index contributed by atoms with van der Waals surface area (Å²) in [4.78, 5) is 4.20. The van der Waals surface area contributed by atoms with Crippen LogP contribution < -0.4 is 29.6 Å². The molecule has 0 radical (unpaired) electrons. The number of hydrogen-bond donors (Lipinski definition) is 0. The van der Waals surface area contributed by atoms with Gasteiger partial charge < -0.3 is 4.55 Å². The monoisotopic (exact) mass is 255 g/mol. The van der Waals surface area contributed by atoms with Gasteiger partial charge >= 0.3 is 29.6 Å². The third kappa shape index (κ3) is 2.55. The van der Waals surface area contributed by atoms with E-state index in [1.54, 1.807) is 6.07 Å². The van der Waals surface area contributed by atoms with Crippen molar-refractivity contribution in [3.63, 3.8) is 0 Å². The molecule has 0 spiro atoms. The topological polar surface area (TPSA) is 53.0 Å². The fourth-order valence-corrected chi connectivity index (χ4v) is 2.38. The molecule has 0 bridgehead atoms. The van der Waals surface area contributed by atoms with Crippen LogP contribution in [0, 0.1) is 0 Å². The second-order valence-corrected chi connectivity index (χ2v) is 4.88. The van der Waals surface area contributed by atoms with Gasteiger partial charge in [-0.1, -0.05) is 11.6 Å². The summed E-state index contributed by atoms with van der Waals surface area (Å²) in [7, 11) is 0. The van der Waals surface area contributed by atoms with Gasteiger partial charge in [0.2, 0.25) is 0 Å². The third-order valence-electron chi connectivity index (χ3n) is 1.53. The van der Waals surface area contributed by atoms with Crippen LogP contribution in [-0.2, 0) is 11.1 Å². The molecule has 3 nitrogen and oxygen atoms in total. The van der Waals surface area contributed by atoms with Gasteiger partial charge in [0.1, 0.15) is 0 Å². The van der Waals surface area contributed by atoms with Crippen molar-refractivity contribution in [2.75, 3.05) is 0 Å². The average Bonchev–Trinajstić information content (AvgIpc) is 2.42. The Kier molecular flexibility index (Phi) is 4.52. The number of nitrogens with zero attached hydrogens (tertiary/aromatic N) is 1. The van der Waals surface area contributed by atoms with Crippen molar-refractivity contribution in [1.82, 2.24) is 4.98 Å². The van der Waals surface area contributed by atoms with Crippen LogP contribution in [0.25, 0.3) is 10.2 Å². The van der Waals surface area contributed by atoms with Crippen molar-refractivity contribution in [2.45, 2.75) is 4.90 Å². The molecule has 0 N–H and O–H groups in total. The first-order valence-electron chi connectivity index (χ1n) is 3.32. The van der Waals surface area contributed by atoms with Crippen LogP contribution in [0.1, 0.15) is 0 Å². The van der Waals surface area contributed by atoms with Crippen molar-refractivity contribution >= 4 is 44.2 Å². The largest absolute Gasteiger partial charge is 1.00 e. The molecule has 14 heavy (non-hydrogen) atoms. The van der Waals surface area contributed by atoms with Gasteiger partial charge in [0.15, 0.2) is 4.47 Å². The Morgan fingerprint density at radius 3 is 2.86 bits per heavy atom. The van der Waals surface area contributed by atoms with Gasteiger partial charge in [-0.3, -0.25) is 4.21 Å². The van der Waals surface area contributed by atoms with Gasteiger partial charge in [-0.2, -0.15) is 0 Å². The Hall–Kier alpha value is 0.510. The standard InChI is InChI=1S/C7H4ClNO2S2.Na/c8-7-9-5-3-4(13(10)11)1-2-6(5)12-7;/h1-3H,(H,10,11);/q;+1/p-1. The summed E-state index contributed by atoms with van der Waals surface area (Å²) in [5, 5.41) is 0. The van der Waals surface area contributed by atoms with Crippen LogP contribution in [0.4, 0.5) is 0 Å². The summed E-state index contributed by atoms with van der Waals surface area (Å²) < 4.78 is 22.5. The number of rotatable bonds is 1. The van der Waals surface area contributed by atoms with Crippen LogP contribution in [0.2, 0.25) is 4.47 Å². The van der Waals surface area contributed by atoms with E-state index in [4.69, 9.17) is 11.6 Å². The second kappa shape index (κ2) is 5.03. The Morgan fingerprint density at radius 2 is 2.21 bits per heavy atom. The molecule has 1 aromatic heterocycles. The number of hydrogen-bond acceptors (Lipinski definition) is 4. The van der Waals surface area contributed by atoms with Crippen molar-refractivity contribution in [3.8, 4) is 0 Å². The molecule has 2 aromatic rings. The molecule has 2 rings (SSSR count). The van der Waals surface area contributed by atoms with Crippen LogP contribution in [-0.4, -0.2) is 13.7 Å². The Bertz CT molecular complexity index is 487. The SMILES string of the molecule is O=S([O-])c1ccc2sc(Cl)nc2c1.[Na+]. The minimum absolute atomic E-state index is 0. The van der Waals surface area contributed by atoms with E-state index >= 15 is 0 Å². The number of benzene rings is 1. The van der Waals surface area contributed by atoms with E-state index in [0.717, 1.165) is 4.70 Å². The van der Waals surface area contributed by atoms with Crippen molar-refractivity contribution in [2.24, 2.45) is 0 Å². The summed E-state index contributed by atoms with van der Waals surface area (Å²) in [6.45, 7) is 0. The molecule has 1 heterocycles. The van der Waals surface area contributed by atoms with E-state index in [9.17, 15) is 8.76 Å². The molecule has 0 amide bonds. The second-order valence-electron chi connectivity index (χ2n) is 2.33. The van der Waals surface area contributed by atoms with E-state index in [-0.39, 0.29) is 34.5 Å². The first kappa shape index (κ1) is 12.6. The molecule has 0 aliphatic carbocycles. The molecule has 0 aliphatic rings. The minimum Gasteiger partial charge on any atom is -0.768 e. The van der Waals surface area contributed by atoms with Gasteiger partial charge in [0, 0.05) is 4.90 Å². The van der Waals surface area contributed by atoms with Crippen LogP contribution >= 0.6 is 22.9 Å². The molecular formula is C7H3ClNNaO2S2. The predicted octanol–water partition coefficient (Wildman–Crippen LogP) is -0.808. The first-order chi connectivity index (χ1) is 6.16. The van der Waals surface area contributed by atoms with E-state index in [2.05, 4.69) is 4.98 Å². The van der Waals surface area contributed by atoms with Gasteiger partial charge in [-0.05, 0) is 29.3 Å². The minimum atomic E-state index is -2.20. The Morgan fingerprint density at radius 1 is 1.50 bits per heavy atom. The smallest absolute Gasteiger partial charge is 0.768 e. The number of aromatic nitrogens is 1. The summed E-state index contributed by atoms with van der Waals surface area (Å²) >= 11 is 4.79. The summed E-state index contributed by atoms with van der Waals surface area (Å²) in [6.07, 6.45) is 0. The zero-order valence-corrected chi connectivity index (χ0v) is 11.6. The molecule has 1 unspecified atom stereocenters. The predicted molar refractivity (Wildman–Crippen MR) is 51.8 cm³/mol. The van der Waals surface area contributed by atoms with Gasteiger partial charge in [-0.15, -0.1) is 11.3 Å². The molecule has 68 valence electrons. The summed E-state index contributed by atoms with van der Waals surface area (Å²) in [5.74, 6) is 0. The summed E-state index contributed by atoms with van der Waals surface area (Å²) in [6, 6.07) is 4.73. The Balaban J connectivity index is 0.000000980. The molecule has 0 aliphatic heterocycles. The van der Waals surface area contributed by atoms with Crippen molar-refractivity contribution < 1.29 is 38.3 Å². The molecule has 0 saturated heterocycles. The maximum absolute atomic E-state index is 10.6. The fraction of sp³-hybridized carbons (Fsp3) is 0. The van der Waals surface area contributed by atoms with Gasteiger partial charge in [0.05, 0.1) is 10.2 Å². The number of halogens is 1.